The molecule has 0 saturated carbocycles. The second-order valence-corrected chi connectivity index (χ2v) is 2.16. The smallest absolute Gasteiger partial charge is 0.313 e. The van der Waals surface area contributed by atoms with Gasteiger partial charge in [0.1, 0.15) is 13.0 Å². The van der Waals surface area contributed by atoms with Gasteiger partial charge in [0, 0.05) is 0 Å². The van der Waals surface area contributed by atoms with Crippen LogP contribution in [0.15, 0.2) is 11.8 Å². The Kier molecular flexibility index (Phi) is 6.12. The Labute approximate surface area is 80.7 Å². The van der Waals surface area contributed by atoms with Gasteiger partial charge in [-0.15, -0.1) is 6.42 Å². The van der Waals surface area contributed by atoms with Crippen molar-refractivity contribution >= 4 is 5.97 Å². The average molecular weight is 204 g/mol. The highest BCUT2D eigenvalue weighted by atomic mass is 19.3. The zero-order chi connectivity index (χ0) is 11.0. The van der Waals surface area contributed by atoms with Crippen LogP contribution in [0.4, 0.5) is 8.78 Å². The summed E-state index contributed by atoms with van der Waals surface area (Å²) in [4.78, 5) is 10.8. The molecule has 0 atom stereocenters. The Bertz CT molecular complexity index is 262. The molecular weight excluding hydrogens is 194 g/mol. The summed E-state index contributed by atoms with van der Waals surface area (Å²) in [6.45, 7) is 1.41. The fourth-order valence-corrected chi connectivity index (χ4v) is 0.644. The van der Waals surface area contributed by atoms with E-state index in [4.69, 9.17) is 6.42 Å². The molecule has 0 fully saturated rings. The van der Waals surface area contributed by atoms with Gasteiger partial charge < -0.3 is 9.47 Å². The van der Waals surface area contributed by atoms with Crippen molar-refractivity contribution in [3.05, 3.63) is 11.8 Å². The molecule has 0 heterocycles. The van der Waals surface area contributed by atoms with Crippen LogP contribution in [0.25, 0.3) is 0 Å². The van der Waals surface area contributed by atoms with Crippen molar-refractivity contribution < 1.29 is 23.0 Å². The normalized spacial score (nSPS) is 8.71. The first-order valence-corrected chi connectivity index (χ1v) is 3.87. The maximum atomic E-state index is 12.1. The molecule has 0 aromatic carbocycles. The molecule has 0 aliphatic carbocycles. The number of carbonyl (C=O) groups is 1. The van der Waals surface area contributed by atoms with Crippen LogP contribution in [0.3, 0.4) is 0 Å². The fraction of sp³-hybridized carbons (Fsp3) is 0.444. The van der Waals surface area contributed by atoms with E-state index in [1.165, 1.54) is 0 Å². The first-order valence-electron chi connectivity index (χ1n) is 3.87. The van der Waals surface area contributed by atoms with Gasteiger partial charge in [0.15, 0.2) is 5.76 Å². The lowest BCUT2D eigenvalue weighted by Gasteiger charge is -2.05. The van der Waals surface area contributed by atoms with Crippen LogP contribution in [0.1, 0.15) is 13.3 Å². The number of halogens is 2. The molecule has 0 rings (SSSR count). The van der Waals surface area contributed by atoms with Gasteiger partial charge in [-0.05, 0) is 6.92 Å². The number of ether oxygens (including phenoxy) is 2. The highest BCUT2D eigenvalue weighted by Gasteiger charge is 2.13. The minimum absolute atomic E-state index is 0.134. The SMILES string of the molecule is C#CCOC(CC(=O)OCC)=C(F)F. The molecule has 0 aliphatic heterocycles. The predicted octanol–water partition coefficient (Wildman–Crippen LogP) is 1.70. The quantitative estimate of drug-likeness (QED) is 0.388. The molecule has 0 aromatic heterocycles. The van der Waals surface area contributed by atoms with E-state index in [9.17, 15) is 13.6 Å². The van der Waals surface area contributed by atoms with Gasteiger partial charge in [-0.2, -0.15) is 8.78 Å². The molecule has 5 heteroatoms. The lowest BCUT2D eigenvalue weighted by Crippen LogP contribution is -2.07. The monoisotopic (exact) mass is 204 g/mol. The van der Waals surface area contributed by atoms with Gasteiger partial charge in [-0.3, -0.25) is 4.79 Å². The lowest BCUT2D eigenvalue weighted by atomic mass is 10.4. The topological polar surface area (TPSA) is 35.5 Å². The van der Waals surface area contributed by atoms with Crippen molar-refractivity contribution in [2.24, 2.45) is 0 Å². The molecule has 0 amide bonds. The third kappa shape index (κ3) is 5.14. The fourth-order valence-electron chi connectivity index (χ4n) is 0.644. The van der Waals surface area contributed by atoms with Crippen LogP contribution in [-0.2, 0) is 14.3 Å². The van der Waals surface area contributed by atoms with E-state index < -0.39 is 24.2 Å². The molecule has 0 unspecified atom stereocenters. The summed E-state index contributed by atoms with van der Waals surface area (Å²) < 4.78 is 33.1. The summed E-state index contributed by atoms with van der Waals surface area (Å²) >= 11 is 0. The lowest BCUT2D eigenvalue weighted by molar-refractivity contribution is -0.143. The third-order valence-corrected chi connectivity index (χ3v) is 1.15. The molecule has 3 nitrogen and oxygen atoms in total. The second-order valence-electron chi connectivity index (χ2n) is 2.16. The van der Waals surface area contributed by atoms with Crippen LogP contribution < -0.4 is 0 Å². The number of rotatable bonds is 5. The van der Waals surface area contributed by atoms with Crippen LogP contribution >= 0.6 is 0 Å². The van der Waals surface area contributed by atoms with Crippen LogP contribution in [0, 0.1) is 12.3 Å². The standard InChI is InChI=1S/C9H10F2O3/c1-3-5-14-7(9(10)11)6-8(12)13-4-2/h1H,4-6H2,2H3. The predicted molar refractivity (Wildman–Crippen MR) is 45.3 cm³/mol. The van der Waals surface area contributed by atoms with E-state index in [1.54, 1.807) is 6.92 Å². The molecule has 0 N–H and O–H groups in total. The number of carbonyl (C=O) groups excluding carboxylic acids is 1. The largest absolute Gasteiger partial charge is 0.479 e. The maximum absolute atomic E-state index is 12.1. The number of hydrogen-bond acceptors (Lipinski definition) is 3. The van der Waals surface area contributed by atoms with Gasteiger partial charge in [0.05, 0.1) is 6.61 Å². The summed E-state index contributed by atoms with van der Waals surface area (Å²) in [5.41, 5.74) is 0. The Morgan fingerprint density at radius 1 is 1.43 bits per heavy atom. The Balaban J connectivity index is 4.20. The molecule has 78 valence electrons. The summed E-state index contributed by atoms with van der Waals surface area (Å²) in [6, 6.07) is 0. The van der Waals surface area contributed by atoms with E-state index in [1.807, 2.05) is 5.92 Å². The second kappa shape index (κ2) is 6.89. The van der Waals surface area contributed by atoms with E-state index >= 15 is 0 Å². The van der Waals surface area contributed by atoms with Crippen molar-refractivity contribution in [2.45, 2.75) is 13.3 Å². The van der Waals surface area contributed by atoms with Crippen molar-refractivity contribution in [1.82, 2.24) is 0 Å². The summed E-state index contributed by atoms with van der Waals surface area (Å²) in [5.74, 6) is 0.511. The zero-order valence-electron chi connectivity index (χ0n) is 7.68. The maximum Gasteiger partial charge on any atom is 0.313 e. The first kappa shape index (κ1) is 12.4. The van der Waals surface area contributed by atoms with Gasteiger partial charge in [0.2, 0.25) is 0 Å². The van der Waals surface area contributed by atoms with Crippen molar-refractivity contribution in [3.63, 3.8) is 0 Å². The Morgan fingerprint density at radius 2 is 2.07 bits per heavy atom. The van der Waals surface area contributed by atoms with Crippen molar-refractivity contribution in [3.8, 4) is 12.3 Å². The highest BCUT2D eigenvalue weighted by Crippen LogP contribution is 2.13. The van der Waals surface area contributed by atoms with Crippen molar-refractivity contribution in [1.29, 1.82) is 0 Å². The first-order chi connectivity index (χ1) is 6.61. The summed E-state index contributed by atoms with van der Waals surface area (Å²) in [6.07, 6.45) is 2.15. The minimum Gasteiger partial charge on any atom is -0.479 e. The summed E-state index contributed by atoms with van der Waals surface area (Å²) in [5, 5.41) is 0. The van der Waals surface area contributed by atoms with Gasteiger partial charge in [-0.25, -0.2) is 0 Å². The number of terminal acetylenes is 1. The van der Waals surface area contributed by atoms with Crippen LogP contribution in [-0.4, -0.2) is 19.2 Å². The third-order valence-electron chi connectivity index (χ3n) is 1.15. The minimum atomic E-state index is -2.06. The molecule has 0 aromatic rings. The molecule has 0 aliphatic rings. The number of hydrogen-bond donors (Lipinski definition) is 0. The van der Waals surface area contributed by atoms with Gasteiger partial charge in [-0.1, -0.05) is 5.92 Å². The zero-order valence-corrected chi connectivity index (χ0v) is 7.68. The molecule has 14 heavy (non-hydrogen) atoms. The molecule has 0 radical (unpaired) electrons. The highest BCUT2D eigenvalue weighted by molar-refractivity contribution is 5.71. The van der Waals surface area contributed by atoms with E-state index in [2.05, 4.69) is 9.47 Å². The van der Waals surface area contributed by atoms with Crippen LogP contribution in [0.2, 0.25) is 0 Å². The van der Waals surface area contributed by atoms with E-state index in [0.717, 1.165) is 0 Å². The van der Waals surface area contributed by atoms with Crippen molar-refractivity contribution in [2.75, 3.05) is 13.2 Å². The average Bonchev–Trinajstić information content (AvgIpc) is 2.12. The molecular formula is C9H10F2O3. The van der Waals surface area contributed by atoms with E-state index in [0.29, 0.717) is 0 Å². The van der Waals surface area contributed by atoms with Gasteiger partial charge in [0.25, 0.3) is 0 Å². The summed E-state index contributed by atoms with van der Waals surface area (Å²) in [7, 11) is 0. The van der Waals surface area contributed by atoms with E-state index in [-0.39, 0.29) is 13.2 Å². The Morgan fingerprint density at radius 3 is 2.50 bits per heavy atom. The van der Waals surface area contributed by atoms with Crippen LogP contribution in [0.5, 0.6) is 0 Å². The van der Waals surface area contributed by atoms with Gasteiger partial charge >= 0.3 is 12.0 Å². The molecule has 0 saturated heterocycles. The number of esters is 1. The molecule has 0 bridgehead atoms. The molecule has 0 spiro atoms. The Hall–Kier alpha value is -1.57.